The molecular formula is C17H11NO2S. The first-order valence-electron chi connectivity index (χ1n) is 6.55. The number of fused-ring (bicyclic) bond motifs is 2. The van der Waals surface area contributed by atoms with Crippen LogP contribution in [0.2, 0.25) is 0 Å². The summed E-state index contributed by atoms with van der Waals surface area (Å²) in [5.41, 5.74) is 0.901. The summed E-state index contributed by atoms with van der Waals surface area (Å²) in [5, 5.41) is 12.6. The molecule has 1 N–H and O–H groups in total. The molecule has 1 heterocycles. The molecule has 0 atom stereocenters. The Morgan fingerprint density at radius 1 is 0.905 bits per heavy atom. The summed E-state index contributed by atoms with van der Waals surface area (Å²) in [6.45, 7) is 0. The summed E-state index contributed by atoms with van der Waals surface area (Å²) in [7, 11) is 0. The van der Waals surface area contributed by atoms with Crippen molar-refractivity contribution in [3.05, 3.63) is 60.7 Å². The molecule has 0 aliphatic heterocycles. The third kappa shape index (κ3) is 2.19. The van der Waals surface area contributed by atoms with Crippen molar-refractivity contribution < 1.29 is 9.84 Å². The highest BCUT2D eigenvalue weighted by atomic mass is 32.1. The van der Waals surface area contributed by atoms with Gasteiger partial charge in [-0.15, -0.1) is 0 Å². The first-order valence-corrected chi connectivity index (χ1v) is 7.36. The van der Waals surface area contributed by atoms with Crippen LogP contribution in [0.3, 0.4) is 0 Å². The Morgan fingerprint density at radius 3 is 2.43 bits per heavy atom. The maximum absolute atomic E-state index is 10.1. The number of phenols is 1. The number of aromatic hydroxyl groups is 1. The van der Waals surface area contributed by atoms with E-state index in [4.69, 9.17) is 4.74 Å². The number of nitrogens with zero attached hydrogens (tertiary/aromatic N) is 1. The van der Waals surface area contributed by atoms with Gasteiger partial charge < -0.3 is 9.84 Å². The lowest BCUT2D eigenvalue weighted by atomic mass is 10.1. The zero-order valence-electron chi connectivity index (χ0n) is 11.0. The minimum Gasteiger partial charge on any atom is -0.504 e. The van der Waals surface area contributed by atoms with Gasteiger partial charge in [-0.2, -0.15) is 0 Å². The standard InChI is InChI=1S/C17H11NO2S/c19-14-9-11-5-1-2-6-12(11)10-15(14)20-17-18-13-7-3-4-8-16(13)21-17/h1-10,19H. The molecule has 0 saturated carbocycles. The number of phenolic OH excluding ortho intramolecular Hbond substituents is 1. The molecule has 4 rings (SSSR count). The van der Waals surface area contributed by atoms with Crippen molar-refractivity contribution >= 4 is 32.3 Å². The molecular weight excluding hydrogens is 282 g/mol. The predicted molar refractivity (Wildman–Crippen MR) is 85.3 cm³/mol. The molecule has 0 radical (unpaired) electrons. The lowest BCUT2D eigenvalue weighted by molar-refractivity contribution is 0.411. The second-order valence-corrected chi connectivity index (χ2v) is 5.71. The fourth-order valence-electron chi connectivity index (χ4n) is 2.28. The van der Waals surface area contributed by atoms with E-state index in [1.165, 1.54) is 11.3 Å². The molecule has 0 saturated heterocycles. The molecule has 0 unspecified atom stereocenters. The minimum absolute atomic E-state index is 0.118. The molecule has 3 aromatic carbocycles. The summed E-state index contributed by atoms with van der Waals surface area (Å²) in [6.07, 6.45) is 0. The van der Waals surface area contributed by atoms with Crippen molar-refractivity contribution in [2.75, 3.05) is 0 Å². The van der Waals surface area contributed by atoms with E-state index in [0.29, 0.717) is 10.9 Å². The first-order chi connectivity index (χ1) is 10.3. The van der Waals surface area contributed by atoms with Crippen LogP contribution >= 0.6 is 11.3 Å². The number of hydrogen-bond acceptors (Lipinski definition) is 4. The molecule has 21 heavy (non-hydrogen) atoms. The third-order valence-electron chi connectivity index (χ3n) is 3.30. The minimum atomic E-state index is 0.118. The van der Waals surface area contributed by atoms with Gasteiger partial charge in [0.1, 0.15) is 0 Å². The van der Waals surface area contributed by atoms with Gasteiger partial charge in [0.2, 0.25) is 0 Å². The Labute approximate surface area is 125 Å². The van der Waals surface area contributed by atoms with Crippen LogP contribution < -0.4 is 4.74 Å². The summed E-state index contributed by atoms with van der Waals surface area (Å²) in [6, 6.07) is 19.2. The Balaban J connectivity index is 1.77. The summed E-state index contributed by atoms with van der Waals surface area (Å²) >= 11 is 1.46. The van der Waals surface area contributed by atoms with Gasteiger partial charge in [0, 0.05) is 0 Å². The molecule has 0 spiro atoms. The Kier molecular flexibility index (Phi) is 2.75. The lowest BCUT2D eigenvalue weighted by Crippen LogP contribution is -1.84. The molecule has 4 heteroatoms. The molecule has 0 amide bonds. The molecule has 0 aliphatic carbocycles. The fourth-order valence-corrected chi connectivity index (χ4v) is 3.11. The van der Waals surface area contributed by atoms with Crippen LogP contribution in [0.5, 0.6) is 16.7 Å². The highest BCUT2D eigenvalue weighted by molar-refractivity contribution is 7.20. The number of para-hydroxylation sites is 1. The number of aromatic nitrogens is 1. The quantitative estimate of drug-likeness (QED) is 0.568. The molecule has 0 fully saturated rings. The van der Waals surface area contributed by atoms with Gasteiger partial charge >= 0.3 is 0 Å². The fraction of sp³-hybridized carbons (Fsp3) is 0. The summed E-state index contributed by atoms with van der Waals surface area (Å²) in [4.78, 5) is 4.41. The van der Waals surface area contributed by atoms with Crippen LogP contribution in [-0.2, 0) is 0 Å². The van der Waals surface area contributed by atoms with Crippen LogP contribution in [0.15, 0.2) is 60.7 Å². The van der Waals surface area contributed by atoms with Gasteiger partial charge in [0.15, 0.2) is 11.5 Å². The highest BCUT2D eigenvalue weighted by Gasteiger charge is 2.10. The van der Waals surface area contributed by atoms with E-state index in [1.54, 1.807) is 6.07 Å². The van der Waals surface area contributed by atoms with Crippen molar-refractivity contribution in [3.8, 4) is 16.7 Å². The van der Waals surface area contributed by atoms with E-state index in [-0.39, 0.29) is 5.75 Å². The Morgan fingerprint density at radius 2 is 1.62 bits per heavy atom. The van der Waals surface area contributed by atoms with Crippen LogP contribution in [-0.4, -0.2) is 10.1 Å². The topological polar surface area (TPSA) is 42.4 Å². The lowest BCUT2D eigenvalue weighted by Gasteiger charge is -2.06. The smallest absolute Gasteiger partial charge is 0.279 e. The van der Waals surface area contributed by atoms with Gasteiger partial charge in [0.25, 0.3) is 5.19 Å². The van der Waals surface area contributed by atoms with Gasteiger partial charge in [-0.05, 0) is 35.0 Å². The van der Waals surface area contributed by atoms with Crippen LogP contribution in [0.1, 0.15) is 0 Å². The van der Waals surface area contributed by atoms with Gasteiger partial charge in [0.05, 0.1) is 10.2 Å². The molecule has 3 nitrogen and oxygen atoms in total. The largest absolute Gasteiger partial charge is 0.504 e. The number of thiazole rings is 1. The SMILES string of the molecule is Oc1cc2ccccc2cc1Oc1nc2ccccc2s1. The highest BCUT2D eigenvalue weighted by Crippen LogP contribution is 2.37. The van der Waals surface area contributed by atoms with Crippen molar-refractivity contribution in [2.45, 2.75) is 0 Å². The van der Waals surface area contributed by atoms with Crippen molar-refractivity contribution in [3.63, 3.8) is 0 Å². The summed E-state index contributed by atoms with van der Waals surface area (Å²) < 4.78 is 6.82. The van der Waals surface area contributed by atoms with E-state index < -0.39 is 0 Å². The van der Waals surface area contributed by atoms with Gasteiger partial charge in [-0.1, -0.05) is 47.7 Å². The summed E-state index contributed by atoms with van der Waals surface area (Å²) in [5.74, 6) is 0.542. The molecule has 4 aromatic rings. The molecule has 0 bridgehead atoms. The number of rotatable bonds is 2. The average Bonchev–Trinajstić information content (AvgIpc) is 2.90. The predicted octanol–water partition coefficient (Wildman–Crippen LogP) is 4.95. The molecule has 0 aliphatic rings. The third-order valence-corrected chi connectivity index (χ3v) is 4.21. The monoisotopic (exact) mass is 293 g/mol. The first kappa shape index (κ1) is 12.2. The zero-order valence-corrected chi connectivity index (χ0v) is 11.8. The molecule has 102 valence electrons. The van der Waals surface area contributed by atoms with E-state index >= 15 is 0 Å². The van der Waals surface area contributed by atoms with E-state index in [1.807, 2.05) is 54.6 Å². The normalized spacial score (nSPS) is 11.0. The Hall–Kier alpha value is -2.59. The van der Waals surface area contributed by atoms with E-state index in [0.717, 1.165) is 21.0 Å². The number of ether oxygens (including phenoxy) is 1. The van der Waals surface area contributed by atoms with Crippen molar-refractivity contribution in [1.29, 1.82) is 0 Å². The second-order valence-electron chi connectivity index (χ2n) is 4.72. The van der Waals surface area contributed by atoms with Crippen molar-refractivity contribution in [2.24, 2.45) is 0 Å². The van der Waals surface area contributed by atoms with Gasteiger partial charge in [-0.3, -0.25) is 0 Å². The maximum Gasteiger partial charge on any atom is 0.279 e. The number of benzene rings is 3. The second kappa shape index (κ2) is 4.75. The van der Waals surface area contributed by atoms with E-state index in [9.17, 15) is 5.11 Å². The number of hydrogen-bond donors (Lipinski definition) is 1. The van der Waals surface area contributed by atoms with Crippen LogP contribution in [0, 0.1) is 0 Å². The Bertz CT molecular complexity index is 913. The maximum atomic E-state index is 10.1. The van der Waals surface area contributed by atoms with E-state index in [2.05, 4.69) is 4.98 Å². The molecule has 1 aromatic heterocycles. The van der Waals surface area contributed by atoms with Crippen LogP contribution in [0.25, 0.3) is 21.0 Å². The van der Waals surface area contributed by atoms with Gasteiger partial charge in [-0.25, -0.2) is 4.98 Å². The average molecular weight is 293 g/mol. The van der Waals surface area contributed by atoms with Crippen molar-refractivity contribution in [1.82, 2.24) is 4.98 Å². The van der Waals surface area contributed by atoms with Crippen LogP contribution in [0.4, 0.5) is 0 Å². The zero-order chi connectivity index (χ0) is 14.2.